The van der Waals surface area contributed by atoms with Crippen LogP contribution in [0.4, 0.5) is 28.9 Å². The third kappa shape index (κ3) is 14.0. The van der Waals surface area contributed by atoms with E-state index in [1.54, 1.807) is 36.4 Å². The Hall–Kier alpha value is -4.23. The van der Waals surface area contributed by atoms with E-state index in [0.717, 1.165) is 48.2 Å². The molecule has 0 atom stereocenters. The fourth-order valence-corrected chi connectivity index (χ4v) is 5.69. The van der Waals surface area contributed by atoms with Gasteiger partial charge >= 0.3 is 21.7 Å². The summed E-state index contributed by atoms with van der Waals surface area (Å²) in [5.74, 6) is -3.96. The molecule has 4 aromatic carbocycles. The quantitative estimate of drug-likeness (QED) is 0.118. The third-order valence-electron chi connectivity index (χ3n) is 6.05. The second-order valence-electron chi connectivity index (χ2n) is 9.91. The van der Waals surface area contributed by atoms with Crippen LogP contribution in [0.15, 0.2) is 119 Å². The molecule has 4 aromatic rings. The van der Waals surface area contributed by atoms with Crippen molar-refractivity contribution in [3.8, 4) is 0 Å². The first-order valence-electron chi connectivity index (χ1n) is 14.1. The van der Waals surface area contributed by atoms with Crippen LogP contribution in [-0.4, -0.2) is 16.8 Å². The third-order valence-corrected chi connectivity index (χ3v) is 8.81. The fourth-order valence-electron chi connectivity index (χ4n) is 3.57. The van der Waals surface area contributed by atoms with Gasteiger partial charge in [0.25, 0.3) is 20.0 Å². The first-order chi connectivity index (χ1) is 22.8. The van der Waals surface area contributed by atoms with Crippen LogP contribution in [0.2, 0.25) is 0 Å². The number of hydrogen-bond donors (Lipinski definition) is 2. The summed E-state index contributed by atoms with van der Waals surface area (Å²) in [7, 11) is -7.80. The molecular weight excluding hydrogens is 712 g/mol. The maximum Gasteiger partial charge on any atom is 4.00 e. The summed E-state index contributed by atoms with van der Waals surface area (Å²) in [6, 6.07) is 19.5. The van der Waals surface area contributed by atoms with Crippen molar-refractivity contribution < 1.29 is 56.1 Å². The van der Waals surface area contributed by atoms with E-state index in [-0.39, 0.29) is 42.9 Å². The zero-order valence-corrected chi connectivity index (χ0v) is 29.5. The summed E-state index contributed by atoms with van der Waals surface area (Å²) in [5, 5.41) is 0. The van der Waals surface area contributed by atoms with Gasteiger partial charge in [-0.15, -0.1) is 49.2 Å². The van der Waals surface area contributed by atoms with Gasteiger partial charge in [0.15, 0.2) is 0 Å². The van der Waals surface area contributed by atoms with Crippen molar-refractivity contribution in [2.45, 2.75) is 36.5 Å². The molecule has 2 aliphatic rings. The van der Waals surface area contributed by atoms with Crippen molar-refractivity contribution in [2.24, 2.45) is 0 Å². The minimum absolute atomic E-state index is 0. The molecule has 0 heterocycles. The van der Waals surface area contributed by atoms with Gasteiger partial charge in [0.05, 0.1) is 9.79 Å². The molecular formula is C36H30F4N2O4S2Ti. The van der Waals surface area contributed by atoms with Crippen molar-refractivity contribution in [1.29, 1.82) is 0 Å². The molecule has 0 spiro atoms. The van der Waals surface area contributed by atoms with Crippen LogP contribution in [0.5, 0.6) is 0 Å². The number of sulfonamides is 2. The fraction of sp³-hybridized carbons (Fsp3) is 0.111. The van der Waals surface area contributed by atoms with E-state index in [0.29, 0.717) is 0 Å². The van der Waals surface area contributed by atoms with Crippen LogP contribution in [0.25, 0.3) is 0 Å². The van der Waals surface area contributed by atoms with Crippen LogP contribution in [0.3, 0.4) is 0 Å². The second kappa shape index (κ2) is 19.7. The minimum atomic E-state index is -3.90. The van der Waals surface area contributed by atoms with Crippen molar-refractivity contribution in [3.05, 3.63) is 168 Å². The summed E-state index contributed by atoms with van der Waals surface area (Å²) in [6.07, 6.45) is 20.0. The summed E-state index contributed by atoms with van der Waals surface area (Å²) in [5.41, 5.74) is 1.12. The molecule has 2 aliphatic carbocycles. The Labute approximate surface area is 300 Å². The zero-order chi connectivity index (χ0) is 35.2. The summed E-state index contributed by atoms with van der Waals surface area (Å²) >= 11 is 0. The van der Waals surface area contributed by atoms with E-state index in [9.17, 15) is 34.4 Å². The van der Waals surface area contributed by atoms with Crippen molar-refractivity contribution in [2.75, 3.05) is 9.44 Å². The maximum atomic E-state index is 13.3. The number of hydrogen-bond acceptors (Lipinski definition) is 4. The van der Waals surface area contributed by atoms with Crippen LogP contribution >= 0.6 is 0 Å². The molecule has 0 aromatic heterocycles. The summed E-state index contributed by atoms with van der Waals surface area (Å²) in [4.78, 5) is 0.00338. The monoisotopic (exact) mass is 742 g/mol. The van der Waals surface area contributed by atoms with Crippen LogP contribution in [0, 0.1) is 61.4 Å². The van der Waals surface area contributed by atoms with Gasteiger partial charge in [-0.05, 0) is 49.5 Å². The Morgan fingerprint density at radius 2 is 0.898 bits per heavy atom. The van der Waals surface area contributed by atoms with E-state index in [2.05, 4.69) is 24.3 Å². The number of nitrogens with one attached hydrogen (secondary N) is 2. The van der Waals surface area contributed by atoms with E-state index < -0.39 is 43.3 Å². The number of anilines is 2. The molecule has 0 saturated carbocycles. The maximum absolute atomic E-state index is 13.3. The Morgan fingerprint density at radius 1 is 0.551 bits per heavy atom. The van der Waals surface area contributed by atoms with Crippen LogP contribution < -0.4 is 9.44 Å². The van der Waals surface area contributed by atoms with Gasteiger partial charge in [-0.1, -0.05) is 35.4 Å². The van der Waals surface area contributed by atoms with Crippen molar-refractivity contribution in [3.63, 3.8) is 0 Å². The smallest absolute Gasteiger partial charge is 0.330 e. The van der Waals surface area contributed by atoms with Gasteiger partial charge in [-0.25, -0.2) is 58.7 Å². The van der Waals surface area contributed by atoms with Gasteiger partial charge in [-0.2, -0.15) is 12.2 Å². The number of halogens is 4. The molecule has 13 heteroatoms. The Balaban J connectivity index is 0.000000260. The molecule has 252 valence electrons. The molecule has 6 nitrogen and oxygen atoms in total. The molecule has 2 N–H and O–H groups in total. The Bertz CT molecular complexity index is 1850. The molecule has 6 rings (SSSR count). The van der Waals surface area contributed by atoms with Gasteiger partial charge < -0.3 is 9.44 Å². The van der Waals surface area contributed by atoms with E-state index in [1.807, 2.05) is 47.6 Å². The normalized spacial score (nSPS) is 12.4. The molecule has 49 heavy (non-hydrogen) atoms. The molecule has 0 amide bonds. The number of benzene rings is 4. The van der Waals surface area contributed by atoms with Crippen molar-refractivity contribution in [1.82, 2.24) is 0 Å². The van der Waals surface area contributed by atoms with Gasteiger partial charge in [-0.3, -0.25) is 12.2 Å². The van der Waals surface area contributed by atoms with Gasteiger partial charge in [0.2, 0.25) is 0 Å². The Kier molecular flexibility index (Phi) is 16.5. The van der Waals surface area contributed by atoms with Gasteiger partial charge in [0, 0.05) is 23.3 Å². The van der Waals surface area contributed by atoms with Crippen LogP contribution in [0.1, 0.15) is 24.0 Å². The molecule has 0 aliphatic heterocycles. The average Bonchev–Trinajstić information content (AvgIpc) is 3.81. The SMILES string of the molecule is Cc1ccc(S(=O)(=O)Nc2ccc(F)[c-]c2F)cc1.Cc1ccc(S(=O)(=O)Nc2ccc(F)[c-]c2F)cc1.[C-]1=CC=CC1.[C-]1=CC=CC1.[Ti+4]. The van der Waals surface area contributed by atoms with Gasteiger partial charge in [0.1, 0.15) is 0 Å². The topological polar surface area (TPSA) is 92.3 Å². The Morgan fingerprint density at radius 3 is 1.14 bits per heavy atom. The zero-order valence-electron chi connectivity index (χ0n) is 26.3. The second-order valence-corrected chi connectivity index (χ2v) is 13.3. The van der Waals surface area contributed by atoms with Crippen LogP contribution in [-0.2, 0) is 41.8 Å². The molecule has 0 radical (unpaired) electrons. The number of allylic oxidation sites excluding steroid dienone is 8. The van der Waals surface area contributed by atoms with E-state index >= 15 is 0 Å². The first-order valence-corrected chi connectivity index (χ1v) is 17.1. The summed E-state index contributed by atoms with van der Waals surface area (Å²) < 4.78 is 104. The number of aryl methyl sites for hydroxylation is 2. The predicted octanol–water partition coefficient (Wildman–Crippen LogP) is 8.36. The van der Waals surface area contributed by atoms with E-state index in [1.165, 1.54) is 24.3 Å². The molecule has 0 fully saturated rings. The van der Waals surface area contributed by atoms with Crippen molar-refractivity contribution >= 4 is 31.4 Å². The molecule has 0 bridgehead atoms. The summed E-state index contributed by atoms with van der Waals surface area (Å²) in [6.45, 7) is 3.64. The first kappa shape index (κ1) is 40.9. The minimum Gasteiger partial charge on any atom is -0.330 e. The average molecular weight is 743 g/mol. The van der Waals surface area contributed by atoms with E-state index in [4.69, 9.17) is 0 Å². The largest absolute Gasteiger partial charge is 4.00 e. The number of rotatable bonds is 6. The standard InChI is InChI=1S/2C13H10F2NO2S.2C5H5.Ti/c2*1-9-2-5-11(6-3-9)19(17,18)16-13-7-4-10(14)8-12(13)15;2*1-2-4-5-3-1;/h2*2-7,16H,1H3;2*1-3H,4H2;/q4*-1;+4. The predicted molar refractivity (Wildman–Crippen MR) is 178 cm³/mol. The molecule has 0 unspecified atom stereocenters. The molecule has 0 saturated heterocycles.